The molecule has 0 atom stereocenters. The van der Waals surface area contributed by atoms with Gasteiger partial charge in [-0.15, -0.1) is 0 Å². The van der Waals surface area contributed by atoms with Crippen molar-refractivity contribution >= 4 is 18.5 Å². The number of halogens is 1. The Morgan fingerprint density at radius 1 is 1.20 bits per heavy atom. The van der Waals surface area contributed by atoms with Gasteiger partial charge in [0.05, 0.1) is 11.2 Å². The van der Waals surface area contributed by atoms with E-state index in [9.17, 15) is 9.18 Å². The lowest BCUT2D eigenvalue weighted by molar-refractivity contribution is 0.00578. The van der Waals surface area contributed by atoms with Crippen molar-refractivity contribution in [3.05, 3.63) is 29.6 Å². The second-order valence-corrected chi connectivity index (χ2v) is 5.90. The molecule has 1 amide bonds. The van der Waals surface area contributed by atoms with E-state index in [4.69, 9.17) is 9.31 Å². The van der Waals surface area contributed by atoms with Crippen LogP contribution in [0.4, 0.5) is 4.39 Å². The van der Waals surface area contributed by atoms with Crippen LogP contribution in [-0.4, -0.2) is 31.3 Å². The number of hydrogen-bond acceptors (Lipinski definition) is 3. The van der Waals surface area contributed by atoms with E-state index in [1.54, 1.807) is 0 Å². The quantitative estimate of drug-likeness (QED) is 0.834. The maximum absolute atomic E-state index is 14.0. The van der Waals surface area contributed by atoms with Gasteiger partial charge in [0.25, 0.3) is 5.91 Å². The van der Waals surface area contributed by atoms with Gasteiger partial charge in [0.15, 0.2) is 0 Å². The zero-order chi connectivity index (χ0) is 15.1. The molecule has 0 aromatic heterocycles. The van der Waals surface area contributed by atoms with Crippen LogP contribution in [0.3, 0.4) is 0 Å². The van der Waals surface area contributed by atoms with E-state index in [2.05, 4.69) is 5.32 Å². The van der Waals surface area contributed by atoms with Gasteiger partial charge in [-0.1, -0.05) is 0 Å². The van der Waals surface area contributed by atoms with Crippen molar-refractivity contribution < 1.29 is 18.5 Å². The third kappa shape index (κ3) is 2.45. The molecule has 1 N–H and O–H groups in total. The lowest BCUT2D eigenvalue weighted by atomic mass is 9.78. The van der Waals surface area contributed by atoms with Gasteiger partial charge in [0.2, 0.25) is 0 Å². The lowest BCUT2D eigenvalue weighted by Gasteiger charge is -2.32. The van der Waals surface area contributed by atoms with Crippen molar-refractivity contribution in [2.24, 2.45) is 0 Å². The summed E-state index contributed by atoms with van der Waals surface area (Å²) in [6, 6.07) is 4.16. The highest BCUT2D eigenvalue weighted by molar-refractivity contribution is 6.62. The summed E-state index contributed by atoms with van der Waals surface area (Å²) in [7, 11) is 0.713. The standard InChI is InChI=1S/C14H19BFNO3/c1-13(2)14(3,4)20-15(19-13)10-8-9(12(18)17-5)6-7-11(10)16/h6-8H,1-5H3,(H,17,18). The molecule has 6 heteroatoms. The lowest BCUT2D eigenvalue weighted by Crippen LogP contribution is -2.41. The number of carbonyl (C=O) groups excluding carboxylic acids is 1. The molecule has 1 aliphatic rings. The normalized spacial score (nSPS) is 20.0. The van der Waals surface area contributed by atoms with Crippen molar-refractivity contribution in [3.8, 4) is 0 Å². The average molecular weight is 279 g/mol. The van der Waals surface area contributed by atoms with Gasteiger partial charge in [0, 0.05) is 18.1 Å². The van der Waals surface area contributed by atoms with E-state index < -0.39 is 24.1 Å². The van der Waals surface area contributed by atoms with Crippen LogP contribution in [0.2, 0.25) is 0 Å². The third-order valence-electron chi connectivity index (χ3n) is 3.99. The van der Waals surface area contributed by atoms with Crippen molar-refractivity contribution in [3.63, 3.8) is 0 Å². The second kappa shape index (κ2) is 4.86. The molecule has 0 saturated carbocycles. The fourth-order valence-corrected chi connectivity index (χ4v) is 1.98. The summed E-state index contributed by atoms with van der Waals surface area (Å²) < 4.78 is 25.6. The van der Waals surface area contributed by atoms with Gasteiger partial charge in [-0.05, 0) is 45.9 Å². The zero-order valence-electron chi connectivity index (χ0n) is 12.4. The first-order valence-corrected chi connectivity index (χ1v) is 6.55. The van der Waals surface area contributed by atoms with Crippen molar-refractivity contribution in [1.29, 1.82) is 0 Å². The Kier molecular flexibility index (Phi) is 3.65. The average Bonchev–Trinajstić information content (AvgIpc) is 2.58. The van der Waals surface area contributed by atoms with Crippen LogP contribution in [0.15, 0.2) is 18.2 Å². The Hall–Kier alpha value is -1.40. The summed E-state index contributed by atoms with van der Waals surface area (Å²) in [5.41, 5.74) is -0.483. The highest BCUT2D eigenvalue weighted by Gasteiger charge is 2.52. The predicted molar refractivity (Wildman–Crippen MR) is 75.5 cm³/mol. The van der Waals surface area contributed by atoms with E-state index in [0.717, 1.165) is 0 Å². The summed E-state index contributed by atoms with van der Waals surface area (Å²) in [6.45, 7) is 7.59. The van der Waals surface area contributed by atoms with Crippen molar-refractivity contribution in [1.82, 2.24) is 5.32 Å². The molecule has 2 rings (SSSR count). The summed E-state index contributed by atoms with van der Waals surface area (Å²) in [5.74, 6) is -0.723. The number of hydrogen-bond donors (Lipinski definition) is 1. The molecular formula is C14H19BFNO3. The van der Waals surface area contributed by atoms with Crippen LogP contribution in [0, 0.1) is 5.82 Å². The first-order chi connectivity index (χ1) is 9.18. The fraction of sp³-hybridized carbons (Fsp3) is 0.500. The Morgan fingerprint density at radius 3 is 2.25 bits per heavy atom. The summed E-state index contributed by atoms with van der Waals surface area (Å²) >= 11 is 0. The van der Waals surface area contributed by atoms with E-state index in [-0.39, 0.29) is 11.4 Å². The van der Waals surface area contributed by atoms with Gasteiger partial charge in [-0.3, -0.25) is 4.79 Å². The number of amides is 1. The SMILES string of the molecule is CNC(=O)c1ccc(F)c(B2OC(C)(C)C(C)(C)O2)c1. The van der Waals surface area contributed by atoms with Crippen LogP contribution in [-0.2, 0) is 9.31 Å². The molecule has 0 aliphatic carbocycles. The molecule has 0 spiro atoms. The Morgan fingerprint density at radius 2 is 1.75 bits per heavy atom. The zero-order valence-corrected chi connectivity index (χ0v) is 12.4. The van der Waals surface area contributed by atoms with Gasteiger partial charge in [0.1, 0.15) is 5.82 Å². The molecule has 1 saturated heterocycles. The van der Waals surface area contributed by atoms with Crippen LogP contribution >= 0.6 is 0 Å². The maximum atomic E-state index is 14.0. The van der Waals surface area contributed by atoms with E-state index in [1.807, 2.05) is 27.7 Å². The minimum absolute atomic E-state index is 0.241. The predicted octanol–water partition coefficient (Wildman–Crippen LogP) is 1.48. The molecule has 1 heterocycles. The number of nitrogens with one attached hydrogen (secondary N) is 1. The molecule has 0 radical (unpaired) electrons. The van der Waals surface area contributed by atoms with Gasteiger partial charge in [-0.2, -0.15) is 0 Å². The van der Waals surface area contributed by atoms with E-state index >= 15 is 0 Å². The Balaban J connectivity index is 2.37. The van der Waals surface area contributed by atoms with Gasteiger partial charge >= 0.3 is 7.12 Å². The first kappa shape index (κ1) is 15.0. The molecule has 0 unspecified atom stereocenters. The smallest absolute Gasteiger partial charge is 0.399 e. The summed E-state index contributed by atoms with van der Waals surface area (Å²) in [4.78, 5) is 11.6. The number of rotatable bonds is 2. The van der Waals surface area contributed by atoms with Crippen LogP contribution < -0.4 is 10.8 Å². The minimum Gasteiger partial charge on any atom is -0.399 e. The van der Waals surface area contributed by atoms with Crippen LogP contribution in [0.1, 0.15) is 38.1 Å². The topological polar surface area (TPSA) is 47.6 Å². The molecule has 20 heavy (non-hydrogen) atoms. The fourth-order valence-electron chi connectivity index (χ4n) is 1.98. The molecule has 0 bridgehead atoms. The molecule has 108 valence electrons. The minimum atomic E-state index is -0.815. The van der Waals surface area contributed by atoms with E-state index in [0.29, 0.717) is 5.56 Å². The molecule has 4 nitrogen and oxygen atoms in total. The Bertz CT molecular complexity index is 529. The summed E-state index contributed by atoms with van der Waals surface area (Å²) in [5, 5.41) is 2.51. The van der Waals surface area contributed by atoms with Crippen molar-refractivity contribution in [2.75, 3.05) is 7.05 Å². The van der Waals surface area contributed by atoms with Crippen LogP contribution in [0.25, 0.3) is 0 Å². The highest BCUT2D eigenvalue weighted by Crippen LogP contribution is 2.36. The maximum Gasteiger partial charge on any atom is 0.497 e. The molecule has 1 aromatic rings. The number of carbonyl (C=O) groups is 1. The molecule has 1 aliphatic heterocycles. The first-order valence-electron chi connectivity index (χ1n) is 6.55. The Labute approximate surface area is 118 Å². The monoisotopic (exact) mass is 279 g/mol. The van der Waals surface area contributed by atoms with Crippen molar-refractivity contribution in [2.45, 2.75) is 38.9 Å². The van der Waals surface area contributed by atoms with E-state index in [1.165, 1.54) is 25.2 Å². The highest BCUT2D eigenvalue weighted by atomic mass is 19.1. The third-order valence-corrected chi connectivity index (χ3v) is 3.99. The van der Waals surface area contributed by atoms with Gasteiger partial charge < -0.3 is 14.6 Å². The second-order valence-electron chi connectivity index (χ2n) is 5.90. The van der Waals surface area contributed by atoms with Gasteiger partial charge in [-0.25, -0.2) is 4.39 Å². The van der Waals surface area contributed by atoms with Crippen LogP contribution in [0.5, 0.6) is 0 Å². The number of benzene rings is 1. The largest absolute Gasteiger partial charge is 0.497 e. The molecular weight excluding hydrogens is 260 g/mol. The summed E-state index contributed by atoms with van der Waals surface area (Å²) in [6.07, 6.45) is 0. The molecule has 1 aromatic carbocycles. The molecule has 1 fully saturated rings.